The maximum atomic E-state index is 13.3. The van der Waals surface area contributed by atoms with Crippen LogP contribution in [-0.2, 0) is 0 Å². The van der Waals surface area contributed by atoms with E-state index in [1.807, 2.05) is 52.8 Å². The lowest BCUT2D eigenvalue weighted by Crippen LogP contribution is -2.26. The molecule has 0 fully saturated rings. The molecule has 0 atom stereocenters. The molecule has 0 radical (unpaired) electrons. The lowest BCUT2D eigenvalue weighted by molar-refractivity contribution is 0.733. The molecule has 0 spiro atoms. The van der Waals surface area contributed by atoms with Crippen molar-refractivity contribution in [1.82, 2.24) is 29.5 Å². The summed E-state index contributed by atoms with van der Waals surface area (Å²) in [6, 6.07) is 7.92. The maximum absolute atomic E-state index is 13.3. The fourth-order valence-electron chi connectivity index (χ4n) is 3.33. The molecule has 7 heteroatoms. The van der Waals surface area contributed by atoms with E-state index < -0.39 is 0 Å². The Hall–Kier alpha value is -3.35. The Labute approximate surface area is 156 Å². The predicted octanol–water partition coefficient (Wildman–Crippen LogP) is 2.90. The largest absolute Gasteiger partial charge is 0.300 e. The van der Waals surface area contributed by atoms with E-state index in [1.54, 1.807) is 10.9 Å². The molecular formula is C20H20N6O. The standard InChI is InChI=1S/C20H20N6O/c1-11-6-7-17(12(2)8-11)25-18-16(10-21-25)15(5)24-26(19(18)27)20-22-13(3)9-14(4)23-20/h6-10H,1-5H3. The third-order valence-electron chi connectivity index (χ3n) is 4.54. The number of fused-ring (bicyclic) bond motifs is 1. The summed E-state index contributed by atoms with van der Waals surface area (Å²) in [5.74, 6) is 0.274. The van der Waals surface area contributed by atoms with Gasteiger partial charge in [0.05, 0.1) is 17.6 Å². The second-order valence-corrected chi connectivity index (χ2v) is 6.86. The van der Waals surface area contributed by atoms with E-state index in [0.29, 0.717) is 11.2 Å². The number of nitrogens with zero attached hydrogens (tertiary/aromatic N) is 6. The van der Waals surface area contributed by atoms with Crippen molar-refractivity contribution in [2.75, 3.05) is 0 Å². The summed E-state index contributed by atoms with van der Waals surface area (Å²) in [5, 5.41) is 9.62. The van der Waals surface area contributed by atoms with E-state index in [0.717, 1.165) is 33.6 Å². The molecule has 0 amide bonds. The van der Waals surface area contributed by atoms with E-state index in [4.69, 9.17) is 0 Å². The highest BCUT2D eigenvalue weighted by Gasteiger charge is 2.18. The van der Waals surface area contributed by atoms with E-state index in [-0.39, 0.29) is 11.5 Å². The molecule has 4 rings (SSSR count). The summed E-state index contributed by atoms with van der Waals surface area (Å²) >= 11 is 0. The zero-order valence-electron chi connectivity index (χ0n) is 16.0. The van der Waals surface area contributed by atoms with Crippen LogP contribution in [0.3, 0.4) is 0 Å². The molecule has 136 valence electrons. The molecule has 27 heavy (non-hydrogen) atoms. The van der Waals surface area contributed by atoms with Gasteiger partial charge < -0.3 is 0 Å². The van der Waals surface area contributed by atoms with Crippen LogP contribution in [0, 0.1) is 34.6 Å². The zero-order chi connectivity index (χ0) is 19.3. The molecule has 0 saturated heterocycles. The summed E-state index contributed by atoms with van der Waals surface area (Å²) < 4.78 is 2.94. The summed E-state index contributed by atoms with van der Waals surface area (Å²) in [6.45, 7) is 9.64. The van der Waals surface area contributed by atoms with Crippen molar-refractivity contribution in [3.05, 3.63) is 69.0 Å². The quantitative estimate of drug-likeness (QED) is 0.549. The molecule has 1 aromatic carbocycles. The van der Waals surface area contributed by atoms with Crippen LogP contribution in [0.4, 0.5) is 0 Å². The first-order valence-corrected chi connectivity index (χ1v) is 8.73. The number of hydrogen-bond donors (Lipinski definition) is 0. The molecule has 0 aliphatic heterocycles. The molecular weight excluding hydrogens is 340 g/mol. The van der Waals surface area contributed by atoms with Gasteiger partial charge in [0, 0.05) is 16.8 Å². The number of aromatic nitrogens is 6. The van der Waals surface area contributed by atoms with Gasteiger partial charge in [-0.3, -0.25) is 4.79 Å². The lowest BCUT2D eigenvalue weighted by Gasteiger charge is -2.10. The van der Waals surface area contributed by atoms with Gasteiger partial charge in [0.2, 0.25) is 0 Å². The van der Waals surface area contributed by atoms with Gasteiger partial charge >= 0.3 is 5.56 Å². The van der Waals surface area contributed by atoms with Crippen molar-refractivity contribution < 1.29 is 0 Å². The Morgan fingerprint density at radius 1 is 0.889 bits per heavy atom. The number of benzene rings is 1. The second-order valence-electron chi connectivity index (χ2n) is 6.86. The first-order valence-electron chi connectivity index (χ1n) is 8.73. The maximum Gasteiger partial charge on any atom is 0.300 e. The molecule has 7 nitrogen and oxygen atoms in total. The normalized spacial score (nSPS) is 11.3. The first kappa shape index (κ1) is 17.1. The predicted molar refractivity (Wildman–Crippen MR) is 104 cm³/mol. The summed E-state index contributed by atoms with van der Waals surface area (Å²) in [5.41, 5.74) is 5.51. The van der Waals surface area contributed by atoms with Gasteiger partial charge in [-0.05, 0) is 52.3 Å². The van der Waals surface area contributed by atoms with Crippen molar-refractivity contribution in [2.24, 2.45) is 0 Å². The Kier molecular flexibility index (Phi) is 3.87. The first-order chi connectivity index (χ1) is 12.8. The average Bonchev–Trinajstić information content (AvgIpc) is 3.03. The monoisotopic (exact) mass is 360 g/mol. The Balaban J connectivity index is 2.05. The van der Waals surface area contributed by atoms with Crippen molar-refractivity contribution in [3.8, 4) is 11.6 Å². The van der Waals surface area contributed by atoms with Gasteiger partial charge in [0.25, 0.3) is 5.95 Å². The van der Waals surface area contributed by atoms with Crippen LogP contribution in [0.25, 0.3) is 22.5 Å². The topological polar surface area (TPSA) is 78.5 Å². The van der Waals surface area contributed by atoms with E-state index in [1.165, 1.54) is 4.68 Å². The Morgan fingerprint density at radius 3 is 2.26 bits per heavy atom. The molecule has 0 saturated carbocycles. The number of hydrogen-bond acceptors (Lipinski definition) is 5. The van der Waals surface area contributed by atoms with Crippen LogP contribution >= 0.6 is 0 Å². The third-order valence-corrected chi connectivity index (χ3v) is 4.54. The minimum Gasteiger partial charge on any atom is -0.265 e. The fourth-order valence-corrected chi connectivity index (χ4v) is 3.33. The second kappa shape index (κ2) is 6.12. The van der Waals surface area contributed by atoms with Crippen LogP contribution in [0.5, 0.6) is 0 Å². The third kappa shape index (κ3) is 2.81. The van der Waals surface area contributed by atoms with Crippen LogP contribution in [0.1, 0.15) is 28.2 Å². The minimum atomic E-state index is -0.293. The summed E-state index contributed by atoms with van der Waals surface area (Å²) in [7, 11) is 0. The molecule has 0 aliphatic carbocycles. The Morgan fingerprint density at radius 2 is 1.59 bits per heavy atom. The number of aryl methyl sites for hydroxylation is 5. The van der Waals surface area contributed by atoms with Gasteiger partial charge in [-0.25, -0.2) is 14.6 Å². The molecule has 3 heterocycles. The zero-order valence-corrected chi connectivity index (χ0v) is 16.0. The van der Waals surface area contributed by atoms with Crippen LogP contribution in [-0.4, -0.2) is 29.5 Å². The molecule has 0 aliphatic rings. The SMILES string of the molecule is Cc1ccc(-n2ncc3c(C)nn(-c4nc(C)cc(C)n4)c(=O)c32)c(C)c1. The average molecular weight is 360 g/mol. The molecule has 0 unspecified atom stereocenters. The van der Waals surface area contributed by atoms with Gasteiger partial charge in [-0.1, -0.05) is 17.7 Å². The number of rotatable bonds is 2. The Bertz CT molecular complexity index is 1230. The van der Waals surface area contributed by atoms with E-state index >= 15 is 0 Å². The van der Waals surface area contributed by atoms with Crippen molar-refractivity contribution >= 4 is 10.9 Å². The van der Waals surface area contributed by atoms with Gasteiger partial charge in [-0.15, -0.1) is 0 Å². The lowest BCUT2D eigenvalue weighted by atomic mass is 10.1. The minimum absolute atomic E-state index is 0.274. The van der Waals surface area contributed by atoms with Gasteiger partial charge in [0.15, 0.2) is 0 Å². The van der Waals surface area contributed by atoms with E-state index in [2.05, 4.69) is 26.2 Å². The molecule has 4 aromatic rings. The molecule has 3 aromatic heterocycles. The highest BCUT2D eigenvalue weighted by atomic mass is 16.1. The van der Waals surface area contributed by atoms with Gasteiger partial charge in [-0.2, -0.15) is 14.9 Å². The molecule has 0 bridgehead atoms. The smallest absolute Gasteiger partial charge is 0.265 e. The van der Waals surface area contributed by atoms with Crippen molar-refractivity contribution in [3.63, 3.8) is 0 Å². The van der Waals surface area contributed by atoms with Crippen LogP contribution < -0.4 is 5.56 Å². The highest BCUT2D eigenvalue weighted by Crippen LogP contribution is 2.21. The van der Waals surface area contributed by atoms with Crippen LogP contribution in [0.15, 0.2) is 35.3 Å². The van der Waals surface area contributed by atoms with Gasteiger partial charge in [0.1, 0.15) is 5.52 Å². The van der Waals surface area contributed by atoms with E-state index in [9.17, 15) is 4.79 Å². The van der Waals surface area contributed by atoms with Crippen molar-refractivity contribution in [2.45, 2.75) is 34.6 Å². The van der Waals surface area contributed by atoms with Crippen molar-refractivity contribution in [1.29, 1.82) is 0 Å². The molecule has 0 N–H and O–H groups in total. The fraction of sp³-hybridized carbons (Fsp3) is 0.250. The summed E-state index contributed by atoms with van der Waals surface area (Å²) in [4.78, 5) is 22.1. The highest BCUT2D eigenvalue weighted by molar-refractivity contribution is 5.81. The van der Waals surface area contributed by atoms with Crippen LogP contribution in [0.2, 0.25) is 0 Å². The summed E-state index contributed by atoms with van der Waals surface area (Å²) in [6.07, 6.45) is 1.69.